The average Bonchev–Trinajstić information content (AvgIpc) is 3.21. The van der Waals surface area contributed by atoms with E-state index < -0.39 is 24.4 Å². The number of carboxylic acid groups (broad SMARTS) is 1. The fraction of sp³-hybridized carbons (Fsp3) is 0.417. The molecule has 4 heterocycles. The first-order valence-corrected chi connectivity index (χ1v) is 11.3. The monoisotopic (exact) mass is 484 g/mol. The first-order valence-electron chi connectivity index (χ1n) is 11.3. The van der Waals surface area contributed by atoms with Crippen molar-refractivity contribution in [2.24, 2.45) is 7.05 Å². The predicted octanol–water partition coefficient (Wildman–Crippen LogP) is 2.98. The lowest BCUT2D eigenvalue weighted by atomic mass is 9.98. The van der Waals surface area contributed by atoms with E-state index in [1.807, 2.05) is 6.07 Å². The van der Waals surface area contributed by atoms with Crippen LogP contribution in [-0.4, -0.2) is 69.1 Å². The summed E-state index contributed by atoms with van der Waals surface area (Å²) in [6.07, 6.45) is -0.302. The summed E-state index contributed by atoms with van der Waals surface area (Å²) in [5.74, 6) is 0.609. The second-order valence-electron chi connectivity index (χ2n) is 8.80. The maximum atomic E-state index is 15.0. The Morgan fingerprint density at radius 3 is 2.77 bits per heavy atom. The Morgan fingerprint density at radius 1 is 1.23 bits per heavy atom. The van der Waals surface area contributed by atoms with E-state index in [4.69, 9.17) is 14.2 Å². The highest BCUT2D eigenvalue weighted by molar-refractivity contribution is 5.89. The number of aryl methyl sites for hydroxylation is 1. The van der Waals surface area contributed by atoms with Crippen LogP contribution in [0.5, 0.6) is 11.6 Å². The van der Waals surface area contributed by atoms with Crippen LogP contribution in [0.15, 0.2) is 41.3 Å². The fourth-order valence-corrected chi connectivity index (χ4v) is 5.01. The number of rotatable bonds is 6. The van der Waals surface area contributed by atoms with Gasteiger partial charge in [-0.1, -0.05) is 0 Å². The molecule has 35 heavy (non-hydrogen) atoms. The zero-order chi connectivity index (χ0) is 24.7. The first kappa shape index (κ1) is 23.0. The molecule has 0 saturated carbocycles. The Labute approximate surface area is 199 Å². The molecule has 3 aromatic rings. The number of piperidine rings is 1. The third kappa shape index (κ3) is 4.16. The normalized spacial score (nSPS) is 23.5. The van der Waals surface area contributed by atoms with E-state index in [9.17, 15) is 14.7 Å². The van der Waals surface area contributed by atoms with E-state index in [-0.39, 0.29) is 30.7 Å². The number of benzene rings is 1. The number of nitrogens with zero attached hydrogens (tertiary/aromatic N) is 4. The maximum absolute atomic E-state index is 15.0. The van der Waals surface area contributed by atoms with Gasteiger partial charge in [0.25, 0.3) is 5.56 Å². The lowest BCUT2D eigenvalue weighted by Crippen LogP contribution is -2.55. The average molecular weight is 484 g/mol. The predicted molar refractivity (Wildman–Crippen MR) is 123 cm³/mol. The van der Waals surface area contributed by atoms with Crippen LogP contribution < -0.4 is 15.0 Å². The Hall–Kier alpha value is -3.73. The van der Waals surface area contributed by atoms with Crippen molar-refractivity contribution >= 4 is 16.9 Å². The van der Waals surface area contributed by atoms with E-state index in [0.717, 1.165) is 0 Å². The molecular formula is C24H25FN4O6. The molecule has 2 aliphatic rings. The molecule has 2 saturated heterocycles. The third-order valence-corrected chi connectivity index (χ3v) is 6.69. The summed E-state index contributed by atoms with van der Waals surface area (Å²) in [7, 11) is 3.18. The SMILES string of the molecule is COCOc1cc2ccn(C)c(=O)c2cc1-c1ccc(OC2CC3CCC(C2F)N3C(=O)O)nn1. The lowest BCUT2D eigenvalue weighted by molar-refractivity contribution is -0.0165. The Balaban J connectivity index is 1.41. The van der Waals surface area contributed by atoms with Crippen molar-refractivity contribution in [1.29, 1.82) is 0 Å². The molecule has 0 radical (unpaired) electrons. The summed E-state index contributed by atoms with van der Waals surface area (Å²) in [5, 5.41) is 18.9. The second-order valence-corrected chi connectivity index (χ2v) is 8.80. The van der Waals surface area contributed by atoms with Gasteiger partial charge < -0.3 is 23.9 Å². The summed E-state index contributed by atoms with van der Waals surface area (Å²) in [5.41, 5.74) is 0.827. The van der Waals surface area contributed by atoms with Gasteiger partial charge in [0, 0.05) is 49.8 Å². The number of hydrogen-bond acceptors (Lipinski definition) is 7. The van der Waals surface area contributed by atoms with E-state index >= 15 is 4.39 Å². The molecule has 2 aliphatic heterocycles. The Bertz CT molecular complexity index is 1310. The Kier molecular flexibility index (Phi) is 6.01. The fourth-order valence-electron chi connectivity index (χ4n) is 5.01. The molecule has 1 N–H and O–H groups in total. The number of carbonyl (C=O) groups is 1. The van der Waals surface area contributed by atoms with Crippen molar-refractivity contribution in [3.63, 3.8) is 0 Å². The van der Waals surface area contributed by atoms with Crippen LogP contribution in [0.1, 0.15) is 19.3 Å². The molecule has 11 heteroatoms. The molecule has 0 aliphatic carbocycles. The van der Waals surface area contributed by atoms with Gasteiger partial charge in [-0.3, -0.25) is 9.69 Å². The van der Waals surface area contributed by atoms with Crippen LogP contribution in [0, 0.1) is 0 Å². The van der Waals surface area contributed by atoms with Crippen molar-refractivity contribution in [3.05, 3.63) is 46.9 Å². The molecule has 10 nitrogen and oxygen atoms in total. The minimum absolute atomic E-state index is 0.00718. The number of alkyl halides is 1. The van der Waals surface area contributed by atoms with Gasteiger partial charge in [-0.2, -0.15) is 0 Å². The van der Waals surface area contributed by atoms with E-state index in [1.165, 1.54) is 16.6 Å². The van der Waals surface area contributed by atoms with Gasteiger partial charge in [-0.15, -0.1) is 10.2 Å². The van der Waals surface area contributed by atoms with Gasteiger partial charge in [-0.05, 0) is 42.5 Å². The highest BCUT2D eigenvalue weighted by Gasteiger charge is 2.51. The maximum Gasteiger partial charge on any atom is 0.407 e. The van der Waals surface area contributed by atoms with Crippen LogP contribution >= 0.6 is 0 Å². The van der Waals surface area contributed by atoms with Gasteiger partial charge in [0.15, 0.2) is 13.0 Å². The van der Waals surface area contributed by atoms with Gasteiger partial charge in [0.2, 0.25) is 5.88 Å². The molecule has 4 atom stereocenters. The number of amides is 1. The Morgan fingerprint density at radius 2 is 2.06 bits per heavy atom. The zero-order valence-electron chi connectivity index (χ0n) is 19.3. The smallest absolute Gasteiger partial charge is 0.407 e. The molecule has 2 bridgehead atoms. The van der Waals surface area contributed by atoms with Crippen molar-refractivity contribution in [3.8, 4) is 22.9 Å². The minimum Gasteiger partial charge on any atom is -0.470 e. The summed E-state index contributed by atoms with van der Waals surface area (Å²) < 4.78 is 33.1. The number of hydrogen-bond donors (Lipinski definition) is 1. The number of halogens is 1. The molecule has 5 rings (SSSR count). The summed E-state index contributed by atoms with van der Waals surface area (Å²) in [6, 6.07) is 7.53. The van der Waals surface area contributed by atoms with Crippen molar-refractivity contribution in [2.45, 2.75) is 43.6 Å². The van der Waals surface area contributed by atoms with Gasteiger partial charge in [0.05, 0.1) is 11.7 Å². The van der Waals surface area contributed by atoms with Gasteiger partial charge in [-0.25, -0.2) is 9.18 Å². The third-order valence-electron chi connectivity index (χ3n) is 6.69. The summed E-state index contributed by atoms with van der Waals surface area (Å²) >= 11 is 0. The van der Waals surface area contributed by atoms with Crippen molar-refractivity contribution in [2.75, 3.05) is 13.9 Å². The molecule has 0 spiro atoms. The second kappa shape index (κ2) is 9.14. The minimum atomic E-state index is -1.45. The molecule has 2 aromatic heterocycles. The standard InChI is InChI=1S/C24H25FN4O6/c1-28-8-7-13-9-19(34-12-33-2)16(11-15(13)23(28)30)17-4-6-21(27-26-17)35-20-10-14-3-5-18(22(20)25)29(14)24(31)32/h4,6-9,11,14,18,20,22H,3,5,10,12H2,1-2H3,(H,31,32). The largest absolute Gasteiger partial charge is 0.470 e. The summed E-state index contributed by atoms with van der Waals surface area (Å²) in [4.78, 5) is 25.3. The highest BCUT2D eigenvalue weighted by atomic mass is 19.1. The molecule has 4 unspecified atom stereocenters. The first-order chi connectivity index (χ1) is 16.9. The number of aromatic nitrogens is 3. The van der Waals surface area contributed by atoms with E-state index in [0.29, 0.717) is 40.6 Å². The number of fused-ring (bicyclic) bond motifs is 3. The van der Waals surface area contributed by atoms with Gasteiger partial charge in [0.1, 0.15) is 11.9 Å². The van der Waals surface area contributed by atoms with E-state index in [2.05, 4.69) is 10.2 Å². The highest BCUT2D eigenvalue weighted by Crippen LogP contribution is 2.39. The van der Waals surface area contributed by atoms with Crippen LogP contribution in [0.4, 0.5) is 9.18 Å². The summed E-state index contributed by atoms with van der Waals surface area (Å²) in [6.45, 7) is 0.00718. The zero-order valence-corrected chi connectivity index (χ0v) is 19.3. The van der Waals surface area contributed by atoms with Crippen molar-refractivity contribution < 1.29 is 28.5 Å². The quantitative estimate of drug-likeness (QED) is 0.531. The lowest BCUT2D eigenvalue weighted by Gasteiger charge is -2.39. The van der Waals surface area contributed by atoms with Crippen LogP contribution in [-0.2, 0) is 11.8 Å². The van der Waals surface area contributed by atoms with Gasteiger partial charge >= 0.3 is 6.09 Å². The van der Waals surface area contributed by atoms with E-state index in [1.54, 1.807) is 37.5 Å². The number of methoxy groups -OCH3 is 1. The molecule has 2 fully saturated rings. The van der Waals surface area contributed by atoms with Crippen LogP contribution in [0.3, 0.4) is 0 Å². The molecular weight excluding hydrogens is 459 g/mol. The molecule has 1 aromatic carbocycles. The van der Waals surface area contributed by atoms with Crippen LogP contribution in [0.25, 0.3) is 22.0 Å². The van der Waals surface area contributed by atoms with Crippen molar-refractivity contribution in [1.82, 2.24) is 19.7 Å². The molecule has 1 amide bonds. The topological polar surface area (TPSA) is 116 Å². The number of pyridine rings is 1. The molecule has 184 valence electrons. The van der Waals surface area contributed by atoms with Crippen LogP contribution in [0.2, 0.25) is 0 Å². The number of ether oxygens (including phenoxy) is 3.